The molecule has 2 heterocycles. The highest BCUT2D eigenvalue weighted by Gasteiger charge is 2.26. The van der Waals surface area contributed by atoms with Crippen molar-refractivity contribution in [1.29, 1.82) is 0 Å². The first-order valence-electron chi connectivity index (χ1n) is 12.5. The van der Waals surface area contributed by atoms with Gasteiger partial charge < -0.3 is 0 Å². The Labute approximate surface area is 213 Å². The zero-order valence-corrected chi connectivity index (χ0v) is 21.7. The third-order valence-corrected chi connectivity index (χ3v) is 6.53. The van der Waals surface area contributed by atoms with Crippen molar-refractivity contribution in [1.82, 2.24) is 19.9 Å². The van der Waals surface area contributed by atoms with Crippen molar-refractivity contribution in [3.05, 3.63) is 108 Å². The molecule has 4 nitrogen and oxygen atoms in total. The smallest absolute Gasteiger partial charge is 0.134 e. The molecule has 0 aliphatic heterocycles. The summed E-state index contributed by atoms with van der Waals surface area (Å²) in [6, 6.07) is 27.1. The third-order valence-electron chi connectivity index (χ3n) is 6.53. The van der Waals surface area contributed by atoms with Gasteiger partial charge in [-0.3, -0.25) is 4.98 Å². The molecule has 0 bridgehead atoms. The van der Waals surface area contributed by atoms with Crippen molar-refractivity contribution in [2.45, 2.75) is 51.9 Å². The minimum atomic E-state index is -0.232. The second-order valence-electron chi connectivity index (χ2n) is 11.1. The Hall–Kier alpha value is -3.92. The summed E-state index contributed by atoms with van der Waals surface area (Å²) in [6.45, 7) is 10.9. The summed E-state index contributed by atoms with van der Waals surface area (Å²) in [7, 11) is 0. The van der Waals surface area contributed by atoms with Gasteiger partial charge in [-0.25, -0.2) is 15.0 Å². The molecule has 0 aliphatic carbocycles. The van der Waals surface area contributed by atoms with E-state index in [0.29, 0.717) is 0 Å². The number of hydrogen-bond acceptors (Lipinski definition) is 4. The van der Waals surface area contributed by atoms with Gasteiger partial charge in [-0.1, -0.05) is 101 Å². The van der Waals surface area contributed by atoms with Crippen LogP contribution < -0.4 is 0 Å². The second kappa shape index (κ2) is 9.27. The number of aromatic nitrogens is 4. The lowest BCUT2D eigenvalue weighted by atomic mass is 9.84. The maximum Gasteiger partial charge on any atom is 0.134 e. The molecule has 180 valence electrons. The zero-order valence-electron chi connectivity index (χ0n) is 21.7. The summed E-state index contributed by atoms with van der Waals surface area (Å²) in [5.74, 6) is 0.853. The summed E-state index contributed by atoms with van der Waals surface area (Å²) in [4.78, 5) is 19.6. The fourth-order valence-corrected chi connectivity index (χ4v) is 4.48. The van der Waals surface area contributed by atoms with Crippen molar-refractivity contribution < 1.29 is 0 Å². The highest BCUT2D eigenvalue weighted by Crippen LogP contribution is 2.33. The van der Waals surface area contributed by atoms with Crippen molar-refractivity contribution in [2.24, 2.45) is 0 Å². The van der Waals surface area contributed by atoms with Crippen LogP contribution in [0.3, 0.4) is 0 Å². The Bertz CT molecular complexity index is 1510. The largest absolute Gasteiger partial charge is 0.252 e. The summed E-state index contributed by atoms with van der Waals surface area (Å²) in [5, 5.41) is 1.06. The van der Waals surface area contributed by atoms with Crippen molar-refractivity contribution in [3.8, 4) is 22.5 Å². The van der Waals surface area contributed by atoms with Gasteiger partial charge in [0.25, 0.3) is 0 Å². The van der Waals surface area contributed by atoms with Crippen molar-refractivity contribution in [2.75, 3.05) is 0 Å². The maximum atomic E-state index is 5.13. The fourth-order valence-electron chi connectivity index (χ4n) is 4.48. The first-order chi connectivity index (χ1) is 17.2. The van der Waals surface area contributed by atoms with E-state index in [1.54, 1.807) is 0 Å². The number of rotatable bonds is 5. The van der Waals surface area contributed by atoms with Gasteiger partial charge in [0, 0.05) is 39.7 Å². The Morgan fingerprint density at radius 3 is 2.14 bits per heavy atom. The Morgan fingerprint density at radius 2 is 1.36 bits per heavy atom. The fraction of sp³-hybridized carbons (Fsp3) is 0.250. The van der Waals surface area contributed by atoms with E-state index in [9.17, 15) is 0 Å². The van der Waals surface area contributed by atoms with Crippen LogP contribution in [0.15, 0.2) is 91.3 Å². The summed E-state index contributed by atoms with van der Waals surface area (Å²) in [5.41, 5.74) is 6.80. The summed E-state index contributed by atoms with van der Waals surface area (Å²) >= 11 is 0. The molecule has 0 N–H and O–H groups in total. The molecule has 3 aromatic carbocycles. The molecule has 4 heteroatoms. The zero-order chi connectivity index (χ0) is 25.3. The molecule has 0 aliphatic rings. The second-order valence-corrected chi connectivity index (χ2v) is 11.1. The number of hydrogen-bond donors (Lipinski definition) is 0. The Balaban J connectivity index is 1.54. The number of fused-ring (bicyclic) bond motifs is 1. The lowest BCUT2D eigenvalue weighted by Gasteiger charge is -2.24. The van der Waals surface area contributed by atoms with Gasteiger partial charge in [0.1, 0.15) is 5.82 Å². The average Bonchev–Trinajstić information content (AvgIpc) is 2.88. The van der Waals surface area contributed by atoms with Crippen LogP contribution in [0.4, 0.5) is 0 Å². The van der Waals surface area contributed by atoms with Gasteiger partial charge in [-0.15, -0.1) is 0 Å². The van der Waals surface area contributed by atoms with Crippen LogP contribution >= 0.6 is 0 Å². The van der Waals surface area contributed by atoms with E-state index in [1.165, 1.54) is 5.56 Å². The molecular formula is C32H32N4. The first kappa shape index (κ1) is 23.8. The molecule has 0 spiro atoms. The topological polar surface area (TPSA) is 51.6 Å². The van der Waals surface area contributed by atoms with Crippen LogP contribution in [0.5, 0.6) is 0 Å². The molecule has 5 aromatic rings. The quantitative estimate of drug-likeness (QED) is 0.265. The molecule has 2 aromatic heterocycles. The Morgan fingerprint density at radius 1 is 0.639 bits per heavy atom. The molecule has 5 rings (SSSR count). The van der Waals surface area contributed by atoms with Gasteiger partial charge in [0.05, 0.1) is 22.6 Å². The highest BCUT2D eigenvalue weighted by atomic mass is 14.9. The van der Waals surface area contributed by atoms with Crippen LogP contribution in [0.25, 0.3) is 33.4 Å². The predicted octanol–water partition coefficient (Wildman–Crippen LogP) is 7.57. The van der Waals surface area contributed by atoms with E-state index in [2.05, 4.69) is 71.0 Å². The van der Waals surface area contributed by atoms with E-state index in [4.69, 9.17) is 19.9 Å². The van der Waals surface area contributed by atoms with E-state index >= 15 is 0 Å². The van der Waals surface area contributed by atoms with Gasteiger partial charge in [-0.2, -0.15) is 0 Å². The number of para-hydroxylation sites is 1. The molecule has 0 amide bonds. The van der Waals surface area contributed by atoms with E-state index in [-0.39, 0.29) is 10.8 Å². The van der Waals surface area contributed by atoms with Crippen LogP contribution in [0.2, 0.25) is 0 Å². The van der Waals surface area contributed by atoms with Crippen LogP contribution in [-0.2, 0) is 17.3 Å². The summed E-state index contributed by atoms with van der Waals surface area (Å²) < 4.78 is 0. The van der Waals surface area contributed by atoms with Gasteiger partial charge in [0.2, 0.25) is 0 Å². The monoisotopic (exact) mass is 472 g/mol. The number of benzene rings is 3. The minimum absolute atomic E-state index is 0.0933. The summed E-state index contributed by atoms with van der Waals surface area (Å²) in [6.07, 6.45) is 4.65. The first-order valence-corrected chi connectivity index (χ1v) is 12.5. The normalized spacial score (nSPS) is 12.1. The lowest BCUT2D eigenvalue weighted by Crippen LogP contribution is -2.23. The lowest BCUT2D eigenvalue weighted by molar-refractivity contribution is 0.489. The average molecular weight is 473 g/mol. The van der Waals surface area contributed by atoms with Gasteiger partial charge >= 0.3 is 0 Å². The van der Waals surface area contributed by atoms with Gasteiger partial charge in [-0.05, 0) is 24.1 Å². The van der Waals surface area contributed by atoms with E-state index in [1.807, 2.05) is 54.9 Å². The molecule has 0 radical (unpaired) electrons. The molecule has 0 fully saturated rings. The molecule has 0 saturated carbocycles. The Kier molecular flexibility index (Phi) is 6.13. The minimum Gasteiger partial charge on any atom is -0.252 e. The third kappa shape index (κ3) is 4.90. The van der Waals surface area contributed by atoms with Gasteiger partial charge in [0.15, 0.2) is 0 Å². The van der Waals surface area contributed by atoms with Crippen molar-refractivity contribution >= 4 is 10.9 Å². The van der Waals surface area contributed by atoms with Crippen LogP contribution in [0.1, 0.15) is 51.7 Å². The van der Waals surface area contributed by atoms with Crippen molar-refractivity contribution in [3.63, 3.8) is 0 Å². The highest BCUT2D eigenvalue weighted by molar-refractivity contribution is 5.78. The molecular weight excluding hydrogens is 440 g/mol. The standard InChI is InChI=1S/C32H32N4/c1-31(2,3)27-21-33-28(23-13-7-6-8-14-23)29(36-27)24-16-11-12-22(18-24)19-32(4,5)30-34-20-25-15-9-10-17-26(25)35-30/h6-18,20-21H,19H2,1-5H3. The maximum absolute atomic E-state index is 5.13. The SMILES string of the molecule is CC(C)(C)c1cnc(-c2ccccc2)c(-c2cccc(CC(C)(C)c3ncc4ccccc4n3)c2)n1. The van der Waals surface area contributed by atoms with Crippen LogP contribution in [0, 0.1) is 0 Å². The predicted molar refractivity (Wildman–Crippen MR) is 148 cm³/mol. The van der Waals surface area contributed by atoms with Crippen LogP contribution in [-0.4, -0.2) is 19.9 Å². The molecule has 0 atom stereocenters. The van der Waals surface area contributed by atoms with E-state index in [0.717, 1.165) is 51.4 Å². The molecule has 36 heavy (non-hydrogen) atoms. The number of nitrogens with zero attached hydrogens (tertiary/aromatic N) is 4. The van der Waals surface area contributed by atoms with E-state index < -0.39 is 0 Å². The molecule has 0 unspecified atom stereocenters. The molecule has 0 saturated heterocycles.